The Bertz CT molecular complexity index is 957. The lowest BCUT2D eigenvalue weighted by Gasteiger charge is -2.35. The van der Waals surface area contributed by atoms with Crippen LogP contribution in [-0.4, -0.2) is 59.0 Å². The second-order valence-electron chi connectivity index (χ2n) is 7.73. The Morgan fingerprint density at radius 2 is 1.68 bits per heavy atom. The van der Waals surface area contributed by atoms with Gasteiger partial charge >= 0.3 is 16.2 Å². The number of carbonyl (C=O) groups excluding carboxylic acids is 1. The summed E-state index contributed by atoms with van der Waals surface area (Å²) in [5.41, 5.74) is 2.46. The Labute approximate surface area is 184 Å². The molecule has 3 rings (SSSR count). The Morgan fingerprint density at radius 1 is 1.06 bits per heavy atom. The van der Waals surface area contributed by atoms with Crippen molar-refractivity contribution in [1.29, 1.82) is 0 Å². The van der Waals surface area contributed by atoms with E-state index in [0.29, 0.717) is 5.69 Å². The molecule has 1 heterocycles. The van der Waals surface area contributed by atoms with Crippen molar-refractivity contribution in [2.24, 2.45) is 0 Å². The molecule has 0 aromatic heterocycles. The summed E-state index contributed by atoms with van der Waals surface area (Å²) in [6.07, 6.45) is 1.77. The van der Waals surface area contributed by atoms with Crippen molar-refractivity contribution >= 4 is 27.6 Å². The summed E-state index contributed by atoms with van der Waals surface area (Å²) in [5, 5.41) is 3.46. The molecule has 1 fully saturated rings. The molecule has 9 heteroatoms. The molecule has 0 radical (unpaired) electrons. The molecule has 2 N–H and O–H groups in total. The zero-order chi connectivity index (χ0) is 22.4. The lowest BCUT2D eigenvalue weighted by molar-refractivity contribution is -0.143. The predicted octanol–water partition coefficient (Wildman–Crippen LogP) is 2.38. The summed E-state index contributed by atoms with van der Waals surface area (Å²) >= 11 is 0. The normalized spacial score (nSPS) is 16.2. The first-order valence-electron chi connectivity index (χ1n) is 10.2. The maximum absolute atomic E-state index is 12.3. The molecule has 0 spiro atoms. The third-order valence-corrected chi connectivity index (χ3v) is 6.88. The third kappa shape index (κ3) is 5.96. The molecule has 0 bridgehead atoms. The van der Waals surface area contributed by atoms with Gasteiger partial charge in [0.05, 0.1) is 7.11 Å². The van der Waals surface area contributed by atoms with E-state index in [2.05, 4.69) is 14.9 Å². The van der Waals surface area contributed by atoms with Gasteiger partial charge in [0, 0.05) is 44.6 Å². The molecule has 1 aliphatic rings. The lowest BCUT2D eigenvalue weighted by atomic mass is 10.0. The van der Waals surface area contributed by atoms with Crippen LogP contribution in [0.4, 0.5) is 11.4 Å². The largest absolute Gasteiger partial charge is 0.468 e. The summed E-state index contributed by atoms with van der Waals surface area (Å²) in [6.45, 7) is 1.67. The van der Waals surface area contributed by atoms with Crippen LogP contribution in [0.2, 0.25) is 0 Å². The SMILES string of the molecule is COC(=O)[C@@H](NC1CCN(c2ccc(NS(=O)(=O)N(C)C)cc2)CC1)c1ccccc1. The number of carbonyl (C=O) groups is 1. The average molecular weight is 447 g/mol. The Morgan fingerprint density at radius 3 is 2.23 bits per heavy atom. The van der Waals surface area contributed by atoms with Gasteiger partial charge in [-0.1, -0.05) is 30.3 Å². The van der Waals surface area contributed by atoms with Gasteiger partial charge in [0.1, 0.15) is 6.04 Å². The van der Waals surface area contributed by atoms with Gasteiger partial charge < -0.3 is 9.64 Å². The van der Waals surface area contributed by atoms with Gasteiger partial charge in [-0.3, -0.25) is 10.0 Å². The topological polar surface area (TPSA) is 91.0 Å². The Balaban J connectivity index is 1.58. The molecular formula is C22H30N4O4S. The highest BCUT2D eigenvalue weighted by molar-refractivity contribution is 7.90. The van der Waals surface area contributed by atoms with E-state index in [1.54, 1.807) is 12.1 Å². The number of piperidine rings is 1. The van der Waals surface area contributed by atoms with Gasteiger partial charge in [0.2, 0.25) is 0 Å². The van der Waals surface area contributed by atoms with Crippen molar-refractivity contribution < 1.29 is 17.9 Å². The maximum Gasteiger partial charge on any atom is 0.327 e. The zero-order valence-corrected chi connectivity index (χ0v) is 18.9. The van der Waals surface area contributed by atoms with Gasteiger partial charge in [-0.25, -0.2) is 4.79 Å². The van der Waals surface area contributed by atoms with E-state index in [-0.39, 0.29) is 12.0 Å². The first kappa shape index (κ1) is 23.1. The van der Waals surface area contributed by atoms with E-state index in [1.807, 2.05) is 42.5 Å². The number of benzene rings is 2. The summed E-state index contributed by atoms with van der Waals surface area (Å²) in [5.74, 6) is -0.288. The third-order valence-electron chi connectivity index (χ3n) is 5.43. The summed E-state index contributed by atoms with van der Waals surface area (Å²) in [6, 6.07) is 16.7. The van der Waals surface area contributed by atoms with E-state index >= 15 is 0 Å². The summed E-state index contributed by atoms with van der Waals surface area (Å²) in [7, 11) is 0.858. The first-order valence-corrected chi connectivity index (χ1v) is 11.7. The second-order valence-corrected chi connectivity index (χ2v) is 9.62. The molecule has 1 atom stereocenters. The second kappa shape index (κ2) is 10.1. The molecule has 0 saturated carbocycles. The van der Waals surface area contributed by atoms with Crippen LogP contribution in [-0.2, 0) is 19.7 Å². The van der Waals surface area contributed by atoms with Crippen LogP contribution >= 0.6 is 0 Å². The van der Waals surface area contributed by atoms with E-state index in [1.165, 1.54) is 21.2 Å². The van der Waals surface area contributed by atoms with Crippen LogP contribution in [0.3, 0.4) is 0 Å². The van der Waals surface area contributed by atoms with Crippen molar-refractivity contribution in [3.8, 4) is 0 Å². The molecule has 8 nitrogen and oxygen atoms in total. The number of methoxy groups -OCH3 is 1. The Kier molecular flexibility index (Phi) is 7.53. The van der Waals surface area contributed by atoms with Gasteiger partial charge in [-0.05, 0) is 42.7 Å². The van der Waals surface area contributed by atoms with Crippen molar-refractivity contribution in [1.82, 2.24) is 9.62 Å². The molecule has 0 amide bonds. The van der Waals surface area contributed by atoms with Gasteiger partial charge in [0.25, 0.3) is 0 Å². The van der Waals surface area contributed by atoms with Crippen LogP contribution in [0.5, 0.6) is 0 Å². The van der Waals surface area contributed by atoms with Crippen LogP contribution in [0, 0.1) is 0 Å². The number of anilines is 2. The number of hydrogen-bond donors (Lipinski definition) is 2. The molecule has 31 heavy (non-hydrogen) atoms. The van der Waals surface area contributed by atoms with E-state index in [9.17, 15) is 13.2 Å². The number of esters is 1. The van der Waals surface area contributed by atoms with Crippen LogP contribution in [0.1, 0.15) is 24.4 Å². The van der Waals surface area contributed by atoms with Crippen LogP contribution < -0.4 is 14.9 Å². The van der Waals surface area contributed by atoms with Crippen molar-refractivity contribution in [3.63, 3.8) is 0 Å². The van der Waals surface area contributed by atoms with Gasteiger partial charge in [-0.2, -0.15) is 12.7 Å². The highest BCUT2D eigenvalue weighted by atomic mass is 32.2. The highest BCUT2D eigenvalue weighted by Gasteiger charge is 2.27. The molecular weight excluding hydrogens is 416 g/mol. The number of hydrogen-bond acceptors (Lipinski definition) is 6. The fraction of sp³-hybridized carbons (Fsp3) is 0.409. The fourth-order valence-corrected chi connectivity index (χ4v) is 4.20. The number of rotatable bonds is 8. The average Bonchev–Trinajstić information content (AvgIpc) is 2.78. The smallest absolute Gasteiger partial charge is 0.327 e. The first-order chi connectivity index (χ1) is 14.8. The standard InChI is InChI=1S/C22H30N4O4S/c1-25(2)31(28,29)24-19-9-11-20(12-10-19)26-15-13-18(14-16-26)23-21(22(27)30-3)17-7-5-4-6-8-17/h4-12,18,21,23-24H,13-16H2,1-3H3/t21-/m0/s1. The minimum Gasteiger partial charge on any atom is -0.468 e. The fourth-order valence-electron chi connectivity index (χ4n) is 3.58. The number of nitrogens with one attached hydrogen (secondary N) is 2. The minimum atomic E-state index is -3.52. The number of nitrogens with zero attached hydrogens (tertiary/aromatic N) is 2. The molecule has 1 saturated heterocycles. The molecule has 2 aromatic rings. The monoisotopic (exact) mass is 446 g/mol. The zero-order valence-electron chi connectivity index (χ0n) is 18.1. The highest BCUT2D eigenvalue weighted by Crippen LogP contribution is 2.24. The van der Waals surface area contributed by atoms with E-state index in [4.69, 9.17) is 4.74 Å². The van der Waals surface area contributed by atoms with Crippen LogP contribution in [0.25, 0.3) is 0 Å². The maximum atomic E-state index is 12.3. The number of ether oxygens (including phenoxy) is 1. The van der Waals surface area contributed by atoms with E-state index < -0.39 is 16.3 Å². The van der Waals surface area contributed by atoms with Crippen molar-refractivity contribution in [3.05, 3.63) is 60.2 Å². The minimum absolute atomic E-state index is 0.201. The van der Waals surface area contributed by atoms with Crippen molar-refractivity contribution in [2.75, 3.05) is 43.9 Å². The quantitative estimate of drug-likeness (QED) is 0.605. The molecule has 0 aliphatic carbocycles. The molecule has 2 aromatic carbocycles. The molecule has 0 unspecified atom stereocenters. The summed E-state index contributed by atoms with van der Waals surface area (Å²) < 4.78 is 32.6. The molecule has 168 valence electrons. The predicted molar refractivity (Wildman–Crippen MR) is 122 cm³/mol. The van der Waals surface area contributed by atoms with Crippen molar-refractivity contribution in [2.45, 2.75) is 24.9 Å². The van der Waals surface area contributed by atoms with E-state index in [0.717, 1.165) is 41.5 Å². The summed E-state index contributed by atoms with van der Waals surface area (Å²) in [4.78, 5) is 14.6. The lowest BCUT2D eigenvalue weighted by Crippen LogP contribution is -2.45. The molecule has 1 aliphatic heterocycles. The van der Waals surface area contributed by atoms with Crippen LogP contribution in [0.15, 0.2) is 54.6 Å². The van der Waals surface area contributed by atoms with Gasteiger partial charge in [-0.15, -0.1) is 0 Å². The Hall–Kier alpha value is -2.62. The van der Waals surface area contributed by atoms with Gasteiger partial charge in [0.15, 0.2) is 0 Å².